The van der Waals surface area contributed by atoms with Gasteiger partial charge in [0.1, 0.15) is 23.0 Å². The number of hydrogen-bond donors (Lipinski definition) is 0. The van der Waals surface area contributed by atoms with Crippen LogP contribution in [0.5, 0.6) is 5.75 Å². The molecule has 6 heteroatoms. The number of fused-ring (bicyclic) bond motifs is 2. The number of rotatable bonds is 1. The highest BCUT2D eigenvalue weighted by Crippen LogP contribution is 2.36. The lowest BCUT2D eigenvalue weighted by atomic mass is 10.1. The maximum absolute atomic E-state index is 13.2. The summed E-state index contributed by atoms with van der Waals surface area (Å²) in [4.78, 5) is 25.5. The summed E-state index contributed by atoms with van der Waals surface area (Å²) in [5.41, 5.74) is 2.71. The molecule has 4 rings (SSSR count). The second-order valence-electron chi connectivity index (χ2n) is 5.87. The summed E-state index contributed by atoms with van der Waals surface area (Å²) < 4.78 is 5.65. The van der Waals surface area contributed by atoms with E-state index in [0.29, 0.717) is 13.2 Å². The van der Waals surface area contributed by atoms with Crippen molar-refractivity contribution in [2.75, 3.05) is 18.1 Å². The van der Waals surface area contributed by atoms with Gasteiger partial charge in [-0.3, -0.25) is 4.79 Å². The maximum atomic E-state index is 13.2. The largest absolute Gasteiger partial charge is 0.490 e. The number of aryl methyl sites for hydroxylation is 3. The minimum atomic E-state index is 0.00306. The summed E-state index contributed by atoms with van der Waals surface area (Å²) >= 11 is 1.45. The molecule has 0 unspecified atom stereocenters. The van der Waals surface area contributed by atoms with Gasteiger partial charge in [0.2, 0.25) is 0 Å². The number of anilines is 1. The number of hydrogen-bond acceptors (Lipinski definition) is 5. The molecule has 1 aromatic carbocycles. The summed E-state index contributed by atoms with van der Waals surface area (Å²) in [6, 6.07) is 7.65. The van der Waals surface area contributed by atoms with Crippen LogP contribution < -0.4 is 9.64 Å². The molecule has 122 valence electrons. The number of nitrogens with zero attached hydrogens (tertiary/aromatic N) is 3. The molecule has 0 bridgehead atoms. The van der Waals surface area contributed by atoms with Crippen molar-refractivity contribution in [2.24, 2.45) is 0 Å². The monoisotopic (exact) mass is 339 g/mol. The van der Waals surface area contributed by atoms with Crippen LogP contribution >= 0.6 is 11.3 Å². The number of carbonyl (C=O) groups is 1. The van der Waals surface area contributed by atoms with Crippen LogP contribution in [0.3, 0.4) is 0 Å². The SMILES string of the molecule is Cc1nc(C)c2c(C)c(C(=O)N3CCOc4ccccc43)sc2n1. The van der Waals surface area contributed by atoms with E-state index in [1.807, 2.05) is 45.0 Å². The minimum absolute atomic E-state index is 0.00306. The van der Waals surface area contributed by atoms with Crippen molar-refractivity contribution in [1.82, 2.24) is 9.97 Å². The average Bonchev–Trinajstić information content (AvgIpc) is 2.90. The Labute approximate surface area is 143 Å². The first-order valence-electron chi connectivity index (χ1n) is 7.84. The number of benzene rings is 1. The average molecular weight is 339 g/mol. The van der Waals surface area contributed by atoms with Gasteiger partial charge in [0, 0.05) is 11.1 Å². The highest BCUT2D eigenvalue weighted by Gasteiger charge is 2.28. The van der Waals surface area contributed by atoms with E-state index in [2.05, 4.69) is 9.97 Å². The number of para-hydroxylation sites is 2. The quantitative estimate of drug-likeness (QED) is 0.679. The van der Waals surface area contributed by atoms with Crippen molar-refractivity contribution in [1.29, 1.82) is 0 Å². The van der Waals surface area contributed by atoms with Crippen molar-refractivity contribution in [3.05, 3.63) is 46.2 Å². The van der Waals surface area contributed by atoms with Crippen molar-refractivity contribution < 1.29 is 9.53 Å². The van der Waals surface area contributed by atoms with E-state index in [-0.39, 0.29) is 5.91 Å². The van der Waals surface area contributed by atoms with Gasteiger partial charge in [-0.25, -0.2) is 9.97 Å². The summed E-state index contributed by atoms with van der Waals surface area (Å²) in [6.07, 6.45) is 0. The standard InChI is InChI=1S/C18H17N3O2S/c1-10-15-11(2)19-12(3)20-17(15)24-16(10)18(22)21-8-9-23-14-7-5-4-6-13(14)21/h4-7H,8-9H2,1-3H3. The molecule has 0 saturated heterocycles. The summed E-state index contributed by atoms with van der Waals surface area (Å²) in [5.74, 6) is 1.49. The molecule has 3 aromatic rings. The van der Waals surface area contributed by atoms with E-state index in [1.54, 1.807) is 4.90 Å². The normalized spacial score (nSPS) is 13.7. The molecular weight excluding hydrogens is 322 g/mol. The molecule has 0 radical (unpaired) electrons. The van der Waals surface area contributed by atoms with Crippen LogP contribution in [-0.4, -0.2) is 29.0 Å². The Bertz CT molecular complexity index is 964. The molecule has 1 aliphatic heterocycles. The predicted octanol–water partition coefficient (Wildman–Crippen LogP) is 3.66. The molecule has 3 heterocycles. The lowest BCUT2D eigenvalue weighted by Gasteiger charge is -2.29. The third kappa shape index (κ3) is 2.26. The zero-order valence-corrected chi connectivity index (χ0v) is 14.6. The molecular formula is C18H17N3O2S. The Balaban J connectivity index is 1.83. The van der Waals surface area contributed by atoms with Crippen molar-refractivity contribution in [3.63, 3.8) is 0 Å². The van der Waals surface area contributed by atoms with E-state index in [1.165, 1.54) is 11.3 Å². The second kappa shape index (κ2) is 5.56. The van der Waals surface area contributed by atoms with Gasteiger partial charge < -0.3 is 9.64 Å². The fourth-order valence-electron chi connectivity index (χ4n) is 3.18. The van der Waals surface area contributed by atoms with Crippen molar-refractivity contribution in [3.8, 4) is 5.75 Å². The Morgan fingerprint density at radius 1 is 1.21 bits per heavy atom. The lowest BCUT2D eigenvalue weighted by Crippen LogP contribution is -2.37. The number of ether oxygens (including phenoxy) is 1. The van der Waals surface area contributed by atoms with E-state index in [0.717, 1.165) is 43.6 Å². The molecule has 5 nitrogen and oxygen atoms in total. The lowest BCUT2D eigenvalue weighted by molar-refractivity contribution is 0.0980. The van der Waals surface area contributed by atoms with Gasteiger partial charge in [0.05, 0.1) is 17.1 Å². The Morgan fingerprint density at radius 3 is 2.83 bits per heavy atom. The van der Waals surface area contributed by atoms with E-state index < -0.39 is 0 Å². The smallest absolute Gasteiger partial charge is 0.268 e. The molecule has 0 spiro atoms. The Morgan fingerprint density at radius 2 is 2.00 bits per heavy atom. The first-order chi connectivity index (χ1) is 11.6. The number of amides is 1. The predicted molar refractivity (Wildman–Crippen MR) is 95.2 cm³/mol. The molecule has 2 aromatic heterocycles. The van der Waals surface area contributed by atoms with Crippen LogP contribution in [0.1, 0.15) is 26.8 Å². The van der Waals surface area contributed by atoms with Crippen molar-refractivity contribution >= 4 is 33.1 Å². The first kappa shape index (κ1) is 15.1. The van der Waals surface area contributed by atoms with Gasteiger partial charge in [-0.1, -0.05) is 12.1 Å². The van der Waals surface area contributed by atoms with Crippen LogP contribution in [0, 0.1) is 20.8 Å². The maximum Gasteiger partial charge on any atom is 0.268 e. The molecule has 1 amide bonds. The number of aromatic nitrogens is 2. The van der Waals surface area contributed by atoms with Gasteiger partial charge in [-0.15, -0.1) is 11.3 Å². The van der Waals surface area contributed by atoms with Gasteiger partial charge >= 0.3 is 0 Å². The summed E-state index contributed by atoms with van der Waals surface area (Å²) in [7, 11) is 0. The van der Waals surface area contributed by atoms with Crippen LogP contribution in [0.4, 0.5) is 5.69 Å². The number of thiophene rings is 1. The van der Waals surface area contributed by atoms with Gasteiger partial charge in [-0.05, 0) is 38.5 Å². The van der Waals surface area contributed by atoms with Crippen LogP contribution in [0.25, 0.3) is 10.2 Å². The van der Waals surface area contributed by atoms with Crippen molar-refractivity contribution in [2.45, 2.75) is 20.8 Å². The molecule has 24 heavy (non-hydrogen) atoms. The topological polar surface area (TPSA) is 55.3 Å². The Hall–Kier alpha value is -2.47. The summed E-state index contributed by atoms with van der Waals surface area (Å²) in [6.45, 7) is 6.87. The highest BCUT2D eigenvalue weighted by molar-refractivity contribution is 7.20. The Kier molecular flexibility index (Phi) is 3.49. The van der Waals surface area contributed by atoms with Gasteiger partial charge in [0.25, 0.3) is 5.91 Å². The zero-order valence-electron chi connectivity index (χ0n) is 13.8. The van der Waals surface area contributed by atoms with Crippen LogP contribution in [-0.2, 0) is 0 Å². The zero-order chi connectivity index (χ0) is 16.8. The van der Waals surface area contributed by atoms with E-state index in [4.69, 9.17) is 4.74 Å². The number of carbonyl (C=O) groups excluding carboxylic acids is 1. The fraction of sp³-hybridized carbons (Fsp3) is 0.278. The second-order valence-corrected chi connectivity index (χ2v) is 6.86. The van der Waals surface area contributed by atoms with Gasteiger partial charge in [0.15, 0.2) is 0 Å². The molecule has 0 N–H and O–H groups in total. The molecule has 0 atom stereocenters. The first-order valence-corrected chi connectivity index (χ1v) is 8.66. The molecule has 0 fully saturated rings. The molecule has 0 saturated carbocycles. The highest BCUT2D eigenvalue weighted by atomic mass is 32.1. The van der Waals surface area contributed by atoms with Crippen LogP contribution in [0.15, 0.2) is 24.3 Å². The van der Waals surface area contributed by atoms with E-state index in [9.17, 15) is 4.79 Å². The van der Waals surface area contributed by atoms with E-state index >= 15 is 0 Å². The fourth-order valence-corrected chi connectivity index (χ4v) is 4.41. The third-order valence-electron chi connectivity index (χ3n) is 4.25. The third-order valence-corrected chi connectivity index (χ3v) is 5.42. The molecule has 0 aliphatic carbocycles. The minimum Gasteiger partial charge on any atom is -0.490 e. The summed E-state index contributed by atoms with van der Waals surface area (Å²) in [5, 5.41) is 0.996. The van der Waals surface area contributed by atoms with Gasteiger partial charge in [-0.2, -0.15) is 0 Å². The molecule has 1 aliphatic rings. The van der Waals surface area contributed by atoms with Crippen LogP contribution in [0.2, 0.25) is 0 Å².